The molecule has 1 aliphatic rings. The SMILES string of the molecule is Cc1[nH]nc2c(Nc3ccc(N4C=CN(C)C=C4)cc3)nc3ccccc3c12. The van der Waals surface area contributed by atoms with Gasteiger partial charge in [0.25, 0.3) is 0 Å². The molecule has 6 heteroatoms. The monoisotopic (exact) mass is 368 g/mol. The molecule has 2 aromatic heterocycles. The molecule has 0 saturated heterocycles. The van der Waals surface area contributed by atoms with E-state index in [4.69, 9.17) is 4.98 Å². The van der Waals surface area contributed by atoms with Gasteiger partial charge in [-0.05, 0) is 37.3 Å². The van der Waals surface area contributed by atoms with Gasteiger partial charge in [-0.1, -0.05) is 18.2 Å². The average molecular weight is 368 g/mol. The zero-order valence-corrected chi connectivity index (χ0v) is 15.7. The molecule has 0 aliphatic carbocycles. The van der Waals surface area contributed by atoms with E-state index in [1.807, 2.05) is 61.9 Å². The number of anilines is 3. The van der Waals surface area contributed by atoms with E-state index in [9.17, 15) is 0 Å². The number of hydrogen-bond acceptors (Lipinski definition) is 5. The third-order valence-corrected chi connectivity index (χ3v) is 4.93. The summed E-state index contributed by atoms with van der Waals surface area (Å²) < 4.78 is 0. The van der Waals surface area contributed by atoms with E-state index in [2.05, 4.69) is 50.7 Å². The molecule has 5 rings (SSSR count). The molecular weight excluding hydrogens is 348 g/mol. The summed E-state index contributed by atoms with van der Waals surface area (Å²) in [6, 6.07) is 16.4. The highest BCUT2D eigenvalue weighted by Gasteiger charge is 2.13. The fraction of sp³-hybridized carbons (Fsp3) is 0.0909. The summed E-state index contributed by atoms with van der Waals surface area (Å²) in [7, 11) is 2.01. The molecule has 0 spiro atoms. The van der Waals surface area contributed by atoms with Gasteiger partial charge in [-0.3, -0.25) is 5.10 Å². The van der Waals surface area contributed by atoms with Crippen LogP contribution in [0.1, 0.15) is 5.69 Å². The van der Waals surface area contributed by atoms with E-state index in [0.29, 0.717) is 0 Å². The van der Waals surface area contributed by atoms with Gasteiger partial charge in [0.2, 0.25) is 0 Å². The van der Waals surface area contributed by atoms with Gasteiger partial charge in [-0.25, -0.2) is 4.98 Å². The molecule has 3 heterocycles. The molecule has 1 aliphatic heterocycles. The Hall–Kier alpha value is -3.80. The van der Waals surface area contributed by atoms with Gasteiger partial charge < -0.3 is 15.1 Å². The summed E-state index contributed by atoms with van der Waals surface area (Å²) in [6.45, 7) is 2.04. The number of para-hydroxylation sites is 1. The first kappa shape index (κ1) is 16.4. The maximum absolute atomic E-state index is 4.80. The van der Waals surface area contributed by atoms with Crippen molar-refractivity contribution in [3.05, 3.63) is 79.0 Å². The molecule has 0 atom stereocenters. The predicted molar refractivity (Wildman–Crippen MR) is 114 cm³/mol. The number of aromatic nitrogens is 3. The van der Waals surface area contributed by atoms with Crippen LogP contribution in [0.25, 0.3) is 21.8 Å². The highest BCUT2D eigenvalue weighted by Crippen LogP contribution is 2.32. The van der Waals surface area contributed by atoms with Crippen LogP contribution in [0.4, 0.5) is 17.2 Å². The van der Waals surface area contributed by atoms with Crippen LogP contribution in [0.3, 0.4) is 0 Å². The second-order valence-corrected chi connectivity index (χ2v) is 6.89. The Kier molecular flexibility index (Phi) is 3.76. The number of nitrogens with one attached hydrogen (secondary N) is 2. The first-order valence-electron chi connectivity index (χ1n) is 9.16. The van der Waals surface area contributed by atoms with Crippen LogP contribution in [0.15, 0.2) is 73.3 Å². The number of rotatable bonds is 3. The van der Waals surface area contributed by atoms with Crippen molar-refractivity contribution < 1.29 is 0 Å². The molecular formula is C22H20N6. The first-order chi connectivity index (χ1) is 13.7. The van der Waals surface area contributed by atoms with Gasteiger partial charge in [0.05, 0.1) is 5.52 Å². The lowest BCUT2D eigenvalue weighted by Gasteiger charge is -2.22. The van der Waals surface area contributed by atoms with Crippen LogP contribution >= 0.6 is 0 Å². The van der Waals surface area contributed by atoms with Gasteiger partial charge in [-0.2, -0.15) is 5.10 Å². The third-order valence-electron chi connectivity index (χ3n) is 4.93. The molecule has 28 heavy (non-hydrogen) atoms. The second kappa shape index (κ2) is 6.42. The summed E-state index contributed by atoms with van der Waals surface area (Å²) in [5.41, 5.74) is 4.91. The molecule has 2 N–H and O–H groups in total. The Balaban J connectivity index is 1.50. The van der Waals surface area contributed by atoms with Crippen molar-refractivity contribution in [3.63, 3.8) is 0 Å². The van der Waals surface area contributed by atoms with E-state index in [1.54, 1.807) is 0 Å². The number of benzene rings is 2. The number of H-pyrrole nitrogens is 1. The first-order valence-corrected chi connectivity index (χ1v) is 9.16. The zero-order valence-electron chi connectivity index (χ0n) is 15.7. The van der Waals surface area contributed by atoms with Crippen molar-refractivity contribution in [1.29, 1.82) is 0 Å². The maximum Gasteiger partial charge on any atom is 0.159 e. The second-order valence-electron chi connectivity index (χ2n) is 6.89. The maximum atomic E-state index is 4.80. The van der Waals surface area contributed by atoms with Crippen molar-refractivity contribution in [2.75, 3.05) is 17.3 Å². The average Bonchev–Trinajstić information content (AvgIpc) is 3.12. The van der Waals surface area contributed by atoms with Crippen LogP contribution in [-0.2, 0) is 0 Å². The highest BCUT2D eigenvalue weighted by atomic mass is 15.2. The van der Waals surface area contributed by atoms with E-state index < -0.39 is 0 Å². The van der Waals surface area contributed by atoms with E-state index in [0.717, 1.165) is 44.7 Å². The molecule has 2 aromatic carbocycles. The van der Waals surface area contributed by atoms with E-state index in [-0.39, 0.29) is 0 Å². The molecule has 138 valence electrons. The number of aryl methyl sites for hydroxylation is 1. The van der Waals surface area contributed by atoms with Gasteiger partial charge in [0.1, 0.15) is 5.52 Å². The van der Waals surface area contributed by atoms with Crippen molar-refractivity contribution in [2.45, 2.75) is 6.92 Å². The van der Waals surface area contributed by atoms with Gasteiger partial charge >= 0.3 is 0 Å². The minimum absolute atomic E-state index is 0.755. The Labute approximate surface area is 162 Å². The molecule has 6 nitrogen and oxygen atoms in total. The zero-order chi connectivity index (χ0) is 19.1. The highest BCUT2D eigenvalue weighted by molar-refractivity contribution is 6.10. The Bertz CT molecular complexity index is 1210. The fourth-order valence-electron chi connectivity index (χ4n) is 3.45. The van der Waals surface area contributed by atoms with Crippen molar-refractivity contribution in [3.8, 4) is 0 Å². The van der Waals surface area contributed by atoms with Gasteiger partial charge in [0, 0.05) is 59.7 Å². The lowest BCUT2D eigenvalue weighted by atomic mass is 10.1. The van der Waals surface area contributed by atoms with Crippen LogP contribution in [0.5, 0.6) is 0 Å². The fourth-order valence-corrected chi connectivity index (χ4v) is 3.45. The standard InChI is InChI=1S/C22H20N6/c1-15-20-18-5-3-4-6-19(18)24-22(21(20)26-25-15)23-16-7-9-17(10-8-16)28-13-11-27(2)12-14-28/h3-14H,1-2H3,(H,23,24)(H,25,26). The Morgan fingerprint density at radius 1 is 0.929 bits per heavy atom. The van der Waals surface area contributed by atoms with Crippen LogP contribution in [0, 0.1) is 6.92 Å². The molecule has 0 amide bonds. The minimum atomic E-state index is 0.755. The summed E-state index contributed by atoms with van der Waals surface area (Å²) in [4.78, 5) is 8.89. The van der Waals surface area contributed by atoms with Crippen molar-refractivity contribution >= 4 is 39.0 Å². The minimum Gasteiger partial charge on any atom is -0.354 e. The molecule has 0 unspecified atom stereocenters. The van der Waals surface area contributed by atoms with Crippen LogP contribution in [-0.4, -0.2) is 27.1 Å². The topological polar surface area (TPSA) is 60.1 Å². The summed E-state index contributed by atoms with van der Waals surface area (Å²) in [5, 5.41) is 13.2. The Morgan fingerprint density at radius 2 is 1.68 bits per heavy atom. The Morgan fingerprint density at radius 3 is 2.46 bits per heavy atom. The summed E-state index contributed by atoms with van der Waals surface area (Å²) in [6.07, 6.45) is 8.09. The number of aromatic amines is 1. The number of fused-ring (bicyclic) bond motifs is 3. The van der Waals surface area contributed by atoms with E-state index >= 15 is 0 Å². The van der Waals surface area contributed by atoms with Crippen molar-refractivity contribution in [1.82, 2.24) is 20.1 Å². The van der Waals surface area contributed by atoms with E-state index in [1.165, 1.54) is 0 Å². The normalized spacial score (nSPS) is 13.6. The molecule has 0 radical (unpaired) electrons. The largest absolute Gasteiger partial charge is 0.354 e. The quantitative estimate of drug-likeness (QED) is 0.541. The lowest BCUT2D eigenvalue weighted by Crippen LogP contribution is -2.15. The molecule has 0 bridgehead atoms. The van der Waals surface area contributed by atoms with Crippen LogP contribution in [0.2, 0.25) is 0 Å². The van der Waals surface area contributed by atoms with Crippen molar-refractivity contribution in [2.24, 2.45) is 0 Å². The third kappa shape index (κ3) is 2.75. The molecule has 0 fully saturated rings. The predicted octanol–water partition coefficient (Wildman–Crippen LogP) is 4.86. The molecule has 0 saturated carbocycles. The number of hydrogen-bond donors (Lipinski definition) is 2. The summed E-state index contributed by atoms with van der Waals surface area (Å²) in [5.74, 6) is 0.755. The number of pyridine rings is 1. The van der Waals surface area contributed by atoms with Gasteiger partial charge in [0.15, 0.2) is 5.82 Å². The van der Waals surface area contributed by atoms with Gasteiger partial charge in [-0.15, -0.1) is 0 Å². The van der Waals surface area contributed by atoms with Crippen LogP contribution < -0.4 is 10.2 Å². The smallest absolute Gasteiger partial charge is 0.159 e. The number of nitrogens with zero attached hydrogens (tertiary/aromatic N) is 4. The lowest BCUT2D eigenvalue weighted by molar-refractivity contribution is 0.612. The molecule has 4 aromatic rings. The summed E-state index contributed by atoms with van der Waals surface area (Å²) >= 11 is 0.